The molecule has 6 heteroatoms. The van der Waals surface area contributed by atoms with Gasteiger partial charge in [-0.25, -0.2) is 0 Å². The summed E-state index contributed by atoms with van der Waals surface area (Å²) in [5, 5.41) is 15.3. The van der Waals surface area contributed by atoms with Crippen molar-refractivity contribution in [1.82, 2.24) is 5.32 Å². The van der Waals surface area contributed by atoms with Gasteiger partial charge in [0.05, 0.1) is 11.4 Å². The van der Waals surface area contributed by atoms with Crippen LogP contribution in [0.2, 0.25) is 5.02 Å². The SMILES string of the molecule is CC(=O)c1csc(C(=O)NC[C@@](C)(O)c2ccccc2Cl)c1. The van der Waals surface area contributed by atoms with Crippen LogP contribution in [0.25, 0.3) is 0 Å². The van der Waals surface area contributed by atoms with E-state index in [-0.39, 0.29) is 18.2 Å². The number of halogens is 1. The number of hydrogen-bond acceptors (Lipinski definition) is 4. The van der Waals surface area contributed by atoms with E-state index >= 15 is 0 Å². The molecule has 1 aromatic carbocycles. The van der Waals surface area contributed by atoms with E-state index in [0.29, 0.717) is 21.0 Å². The molecule has 0 saturated carbocycles. The van der Waals surface area contributed by atoms with Gasteiger partial charge in [0.1, 0.15) is 5.60 Å². The first kappa shape index (κ1) is 16.7. The molecule has 0 saturated heterocycles. The molecule has 0 unspecified atom stereocenters. The Balaban J connectivity index is 2.06. The zero-order chi connectivity index (χ0) is 16.3. The first-order valence-electron chi connectivity index (χ1n) is 6.66. The summed E-state index contributed by atoms with van der Waals surface area (Å²) in [6, 6.07) is 8.50. The summed E-state index contributed by atoms with van der Waals surface area (Å²) in [5.41, 5.74) is -0.227. The number of hydrogen-bond donors (Lipinski definition) is 2. The van der Waals surface area contributed by atoms with Crippen LogP contribution in [0.5, 0.6) is 0 Å². The van der Waals surface area contributed by atoms with Gasteiger partial charge in [-0.1, -0.05) is 29.8 Å². The molecule has 116 valence electrons. The number of rotatable bonds is 5. The second kappa shape index (κ2) is 6.60. The van der Waals surface area contributed by atoms with Crippen LogP contribution in [0.15, 0.2) is 35.7 Å². The molecule has 1 atom stereocenters. The first-order valence-corrected chi connectivity index (χ1v) is 7.92. The fraction of sp³-hybridized carbons (Fsp3) is 0.250. The number of nitrogens with one attached hydrogen (secondary N) is 1. The van der Waals surface area contributed by atoms with E-state index in [1.807, 2.05) is 0 Å². The van der Waals surface area contributed by atoms with Crippen LogP contribution in [0.4, 0.5) is 0 Å². The van der Waals surface area contributed by atoms with Crippen molar-refractivity contribution in [3.63, 3.8) is 0 Å². The summed E-state index contributed by atoms with van der Waals surface area (Å²) in [6.07, 6.45) is 0. The highest BCUT2D eigenvalue weighted by molar-refractivity contribution is 7.12. The van der Waals surface area contributed by atoms with Crippen molar-refractivity contribution in [2.45, 2.75) is 19.4 Å². The highest BCUT2D eigenvalue weighted by atomic mass is 35.5. The first-order chi connectivity index (χ1) is 10.3. The highest BCUT2D eigenvalue weighted by Crippen LogP contribution is 2.27. The van der Waals surface area contributed by atoms with E-state index in [2.05, 4.69) is 5.32 Å². The van der Waals surface area contributed by atoms with Gasteiger partial charge in [-0.15, -0.1) is 11.3 Å². The van der Waals surface area contributed by atoms with Gasteiger partial charge in [-0.3, -0.25) is 9.59 Å². The molecule has 1 amide bonds. The predicted octanol–water partition coefficient (Wildman–Crippen LogP) is 3.24. The van der Waals surface area contributed by atoms with Gasteiger partial charge < -0.3 is 10.4 Å². The van der Waals surface area contributed by atoms with Crippen LogP contribution in [-0.2, 0) is 5.60 Å². The predicted molar refractivity (Wildman–Crippen MR) is 87.7 cm³/mol. The van der Waals surface area contributed by atoms with Crippen molar-refractivity contribution in [2.75, 3.05) is 6.54 Å². The van der Waals surface area contributed by atoms with Gasteiger partial charge >= 0.3 is 0 Å². The lowest BCUT2D eigenvalue weighted by atomic mass is 9.96. The molecule has 2 N–H and O–H groups in total. The lowest BCUT2D eigenvalue weighted by Crippen LogP contribution is -2.38. The summed E-state index contributed by atoms with van der Waals surface area (Å²) in [6.45, 7) is 3.05. The van der Waals surface area contributed by atoms with Crippen molar-refractivity contribution >= 4 is 34.6 Å². The molecule has 2 rings (SSSR count). The summed E-state index contributed by atoms with van der Waals surface area (Å²) in [4.78, 5) is 23.8. The minimum absolute atomic E-state index is 0.0167. The highest BCUT2D eigenvalue weighted by Gasteiger charge is 2.26. The minimum atomic E-state index is -1.28. The Kier molecular flexibility index (Phi) is 5.01. The molecule has 0 bridgehead atoms. The molecule has 0 radical (unpaired) electrons. The van der Waals surface area contributed by atoms with Crippen molar-refractivity contribution in [3.8, 4) is 0 Å². The summed E-state index contributed by atoms with van der Waals surface area (Å²) in [5.74, 6) is -0.414. The maximum Gasteiger partial charge on any atom is 0.261 e. The Bertz CT molecular complexity index is 709. The van der Waals surface area contributed by atoms with E-state index in [4.69, 9.17) is 11.6 Å². The lowest BCUT2D eigenvalue weighted by Gasteiger charge is -2.25. The van der Waals surface area contributed by atoms with Crippen molar-refractivity contribution in [2.24, 2.45) is 0 Å². The fourth-order valence-electron chi connectivity index (χ4n) is 1.97. The Hall–Kier alpha value is -1.69. The number of carbonyl (C=O) groups is 2. The number of benzene rings is 1. The van der Waals surface area contributed by atoms with Crippen LogP contribution >= 0.6 is 22.9 Å². The van der Waals surface area contributed by atoms with Gasteiger partial charge in [-0.05, 0) is 26.0 Å². The third-order valence-corrected chi connectivity index (χ3v) is 4.54. The molecular formula is C16H16ClNO3S. The number of ketones is 1. The van der Waals surface area contributed by atoms with Crippen LogP contribution in [-0.4, -0.2) is 23.3 Å². The number of carbonyl (C=O) groups excluding carboxylic acids is 2. The normalized spacial score (nSPS) is 13.5. The zero-order valence-electron chi connectivity index (χ0n) is 12.2. The average Bonchev–Trinajstić information content (AvgIpc) is 2.95. The molecule has 4 nitrogen and oxygen atoms in total. The monoisotopic (exact) mass is 337 g/mol. The van der Waals surface area contributed by atoms with Gasteiger partial charge in [0.2, 0.25) is 0 Å². The average molecular weight is 338 g/mol. The number of thiophene rings is 1. The third-order valence-electron chi connectivity index (χ3n) is 3.28. The molecule has 0 aliphatic carbocycles. The molecular weight excluding hydrogens is 322 g/mol. The van der Waals surface area contributed by atoms with E-state index in [1.165, 1.54) is 18.3 Å². The van der Waals surface area contributed by atoms with Gasteiger partial charge in [0.25, 0.3) is 5.91 Å². The second-order valence-corrected chi connectivity index (χ2v) is 6.51. The molecule has 0 aliphatic rings. The zero-order valence-corrected chi connectivity index (χ0v) is 13.8. The fourth-order valence-corrected chi connectivity index (χ4v) is 3.17. The van der Waals surface area contributed by atoms with Crippen LogP contribution in [0.1, 0.15) is 39.4 Å². The van der Waals surface area contributed by atoms with Crippen molar-refractivity contribution in [1.29, 1.82) is 0 Å². The lowest BCUT2D eigenvalue weighted by molar-refractivity contribution is 0.0528. The Morgan fingerprint density at radius 3 is 2.64 bits per heavy atom. The van der Waals surface area contributed by atoms with Crippen LogP contribution in [0.3, 0.4) is 0 Å². The molecule has 1 heterocycles. The van der Waals surface area contributed by atoms with E-state index in [0.717, 1.165) is 0 Å². The van der Waals surface area contributed by atoms with E-state index in [1.54, 1.807) is 42.6 Å². The Labute approximate surface area is 137 Å². The molecule has 22 heavy (non-hydrogen) atoms. The topological polar surface area (TPSA) is 66.4 Å². The largest absolute Gasteiger partial charge is 0.384 e. The number of amides is 1. The van der Waals surface area contributed by atoms with Crippen LogP contribution < -0.4 is 5.32 Å². The standard InChI is InChI=1S/C16H16ClNO3S/c1-10(19)11-7-14(22-8-11)15(20)18-9-16(2,21)12-5-3-4-6-13(12)17/h3-8,21H,9H2,1-2H3,(H,18,20)/t16-/m1/s1. The summed E-state index contributed by atoms with van der Waals surface area (Å²) >= 11 is 7.27. The summed E-state index contributed by atoms with van der Waals surface area (Å²) in [7, 11) is 0. The third kappa shape index (κ3) is 3.74. The van der Waals surface area contributed by atoms with Gasteiger partial charge in [0.15, 0.2) is 5.78 Å². The maximum absolute atomic E-state index is 12.1. The molecule has 0 aliphatic heterocycles. The van der Waals surface area contributed by atoms with Gasteiger partial charge in [0, 0.05) is 21.5 Å². The van der Waals surface area contributed by atoms with E-state index < -0.39 is 5.60 Å². The molecule has 0 spiro atoms. The minimum Gasteiger partial charge on any atom is -0.384 e. The maximum atomic E-state index is 12.1. The summed E-state index contributed by atoms with van der Waals surface area (Å²) < 4.78 is 0. The number of Topliss-reactive ketones (excluding diaryl/α,β-unsaturated/α-hetero) is 1. The van der Waals surface area contributed by atoms with Crippen molar-refractivity contribution < 1.29 is 14.7 Å². The van der Waals surface area contributed by atoms with Crippen LogP contribution in [0, 0.1) is 0 Å². The quantitative estimate of drug-likeness (QED) is 0.823. The molecule has 1 aromatic heterocycles. The van der Waals surface area contributed by atoms with Gasteiger partial charge in [-0.2, -0.15) is 0 Å². The van der Waals surface area contributed by atoms with Crippen molar-refractivity contribution in [3.05, 3.63) is 56.7 Å². The van der Waals surface area contributed by atoms with E-state index in [9.17, 15) is 14.7 Å². The second-order valence-electron chi connectivity index (χ2n) is 5.19. The Morgan fingerprint density at radius 2 is 2.05 bits per heavy atom. The number of aliphatic hydroxyl groups is 1. The Morgan fingerprint density at radius 1 is 1.36 bits per heavy atom. The molecule has 2 aromatic rings. The molecule has 0 fully saturated rings. The smallest absolute Gasteiger partial charge is 0.261 e.